The van der Waals surface area contributed by atoms with E-state index in [9.17, 15) is 4.79 Å². The summed E-state index contributed by atoms with van der Waals surface area (Å²) < 4.78 is 10.9. The zero-order valence-corrected chi connectivity index (χ0v) is 11.8. The van der Waals surface area contributed by atoms with E-state index in [4.69, 9.17) is 9.15 Å². The van der Waals surface area contributed by atoms with Crippen molar-refractivity contribution in [3.8, 4) is 0 Å². The first-order valence-corrected chi connectivity index (χ1v) is 6.85. The molecule has 1 fully saturated rings. The highest BCUT2D eigenvalue weighted by Gasteiger charge is 2.29. The molecule has 1 amide bonds. The molecule has 0 aliphatic carbocycles. The number of rotatable bonds is 5. The first-order valence-electron chi connectivity index (χ1n) is 6.85. The molecule has 2 rings (SSSR count). The van der Waals surface area contributed by atoms with Gasteiger partial charge in [-0.2, -0.15) is 0 Å². The summed E-state index contributed by atoms with van der Waals surface area (Å²) in [7, 11) is 1.66. The fourth-order valence-electron chi connectivity index (χ4n) is 2.46. The normalized spacial score (nSPS) is 22.7. The topological polar surface area (TPSA) is 63.5 Å². The Morgan fingerprint density at radius 2 is 2.26 bits per heavy atom. The van der Waals surface area contributed by atoms with E-state index in [0.29, 0.717) is 5.76 Å². The van der Waals surface area contributed by atoms with Gasteiger partial charge in [-0.25, -0.2) is 0 Å². The third-order valence-corrected chi connectivity index (χ3v) is 3.60. The number of furan rings is 1. The molecule has 2 N–H and O–H groups in total. The molecule has 0 radical (unpaired) electrons. The van der Waals surface area contributed by atoms with Crippen LogP contribution in [0.3, 0.4) is 0 Å². The number of hydrogen-bond acceptors (Lipinski definition) is 4. The van der Waals surface area contributed by atoms with Gasteiger partial charge in [-0.3, -0.25) is 4.79 Å². The first kappa shape index (κ1) is 14.1. The molecule has 1 aliphatic rings. The van der Waals surface area contributed by atoms with E-state index in [1.807, 2.05) is 13.0 Å². The van der Waals surface area contributed by atoms with Crippen molar-refractivity contribution >= 4 is 5.91 Å². The predicted molar refractivity (Wildman–Crippen MR) is 72.4 cm³/mol. The van der Waals surface area contributed by atoms with Crippen molar-refractivity contribution in [3.05, 3.63) is 23.2 Å². The van der Waals surface area contributed by atoms with Crippen molar-refractivity contribution in [3.63, 3.8) is 0 Å². The van der Waals surface area contributed by atoms with Crippen LogP contribution in [0.4, 0.5) is 0 Å². The van der Waals surface area contributed by atoms with Crippen LogP contribution < -0.4 is 10.6 Å². The van der Waals surface area contributed by atoms with Gasteiger partial charge in [0.05, 0.1) is 12.1 Å². The van der Waals surface area contributed by atoms with Crippen molar-refractivity contribution in [1.82, 2.24) is 10.6 Å². The van der Waals surface area contributed by atoms with E-state index < -0.39 is 0 Å². The van der Waals surface area contributed by atoms with Gasteiger partial charge in [0.2, 0.25) is 0 Å². The van der Waals surface area contributed by atoms with Gasteiger partial charge < -0.3 is 19.8 Å². The number of hydrogen-bond donors (Lipinski definition) is 2. The van der Waals surface area contributed by atoms with Crippen LogP contribution >= 0.6 is 0 Å². The van der Waals surface area contributed by atoms with Gasteiger partial charge in [-0.1, -0.05) is 13.8 Å². The summed E-state index contributed by atoms with van der Waals surface area (Å²) in [5.41, 5.74) is 1.11. The molecule has 106 valence electrons. The maximum absolute atomic E-state index is 12.2. The Kier molecular flexibility index (Phi) is 4.61. The van der Waals surface area contributed by atoms with E-state index >= 15 is 0 Å². The maximum Gasteiger partial charge on any atom is 0.287 e. The van der Waals surface area contributed by atoms with E-state index in [-0.39, 0.29) is 18.1 Å². The fraction of sp³-hybridized carbons (Fsp3) is 0.643. The van der Waals surface area contributed by atoms with Crippen LogP contribution in [0.15, 0.2) is 10.5 Å². The van der Waals surface area contributed by atoms with Gasteiger partial charge in [0.1, 0.15) is 5.76 Å². The minimum absolute atomic E-state index is 0.00208. The van der Waals surface area contributed by atoms with Crippen LogP contribution in [0, 0.1) is 0 Å². The summed E-state index contributed by atoms with van der Waals surface area (Å²) in [5, 5.41) is 6.16. The monoisotopic (exact) mass is 266 g/mol. The van der Waals surface area contributed by atoms with Crippen molar-refractivity contribution in [2.45, 2.75) is 38.8 Å². The van der Waals surface area contributed by atoms with Gasteiger partial charge >= 0.3 is 0 Å². The van der Waals surface area contributed by atoms with Crippen LogP contribution in [0.5, 0.6) is 0 Å². The lowest BCUT2D eigenvalue weighted by molar-refractivity contribution is 0.0759. The number of methoxy groups -OCH3 is 1. The SMILES string of the molecule is CCc1cc(C(=O)NC2CNC[C@@H]2OC)oc1CC. The molecule has 0 saturated carbocycles. The van der Waals surface area contributed by atoms with E-state index in [0.717, 1.165) is 37.3 Å². The molecule has 2 atom stereocenters. The summed E-state index contributed by atoms with van der Waals surface area (Å²) in [6.07, 6.45) is 1.71. The number of carbonyl (C=O) groups is 1. The molecule has 5 nitrogen and oxygen atoms in total. The Hall–Kier alpha value is -1.33. The van der Waals surface area contributed by atoms with Crippen LogP contribution in [-0.2, 0) is 17.6 Å². The van der Waals surface area contributed by atoms with Gasteiger partial charge in [0.25, 0.3) is 5.91 Å². The lowest BCUT2D eigenvalue weighted by Crippen LogP contribution is -2.43. The smallest absolute Gasteiger partial charge is 0.287 e. The lowest BCUT2D eigenvalue weighted by Gasteiger charge is -2.17. The molecule has 0 spiro atoms. The number of carbonyl (C=O) groups excluding carboxylic acids is 1. The Labute approximate surface area is 113 Å². The molecule has 1 aromatic rings. The average Bonchev–Trinajstić information content (AvgIpc) is 3.03. The fourth-order valence-corrected chi connectivity index (χ4v) is 2.46. The second-order valence-electron chi connectivity index (χ2n) is 4.78. The number of aryl methyl sites for hydroxylation is 2. The third kappa shape index (κ3) is 2.98. The molecule has 1 saturated heterocycles. The maximum atomic E-state index is 12.2. The minimum atomic E-state index is -0.162. The highest BCUT2D eigenvalue weighted by Crippen LogP contribution is 2.17. The van der Waals surface area contributed by atoms with Crippen molar-refractivity contribution < 1.29 is 13.9 Å². The highest BCUT2D eigenvalue weighted by atomic mass is 16.5. The largest absolute Gasteiger partial charge is 0.456 e. The Morgan fingerprint density at radius 1 is 1.47 bits per heavy atom. The molecular formula is C14H22N2O3. The van der Waals surface area contributed by atoms with Crippen molar-refractivity contribution in [2.24, 2.45) is 0 Å². The molecule has 1 aromatic heterocycles. The van der Waals surface area contributed by atoms with E-state index in [1.54, 1.807) is 7.11 Å². The molecule has 0 aromatic carbocycles. The standard InChI is InChI=1S/C14H22N2O3/c1-4-9-6-12(19-11(9)5-2)14(17)16-10-7-15-8-13(10)18-3/h6,10,13,15H,4-5,7-8H2,1-3H3,(H,16,17)/t10?,13-/m0/s1. The Balaban J connectivity index is 2.05. The number of ether oxygens (including phenoxy) is 1. The second-order valence-corrected chi connectivity index (χ2v) is 4.78. The molecule has 2 heterocycles. The first-order chi connectivity index (χ1) is 9.19. The summed E-state index contributed by atoms with van der Waals surface area (Å²) in [4.78, 5) is 12.2. The van der Waals surface area contributed by atoms with Crippen LogP contribution in [-0.4, -0.2) is 38.3 Å². The minimum Gasteiger partial charge on any atom is -0.456 e. The summed E-state index contributed by atoms with van der Waals surface area (Å²) in [6, 6.07) is 1.84. The Morgan fingerprint density at radius 3 is 2.84 bits per heavy atom. The summed E-state index contributed by atoms with van der Waals surface area (Å²) >= 11 is 0. The van der Waals surface area contributed by atoms with Gasteiger partial charge in [0.15, 0.2) is 5.76 Å². The molecule has 1 aliphatic heterocycles. The predicted octanol–water partition coefficient (Wildman–Crippen LogP) is 1.12. The van der Waals surface area contributed by atoms with Gasteiger partial charge in [-0.05, 0) is 18.1 Å². The van der Waals surface area contributed by atoms with Crippen LogP contribution in [0.25, 0.3) is 0 Å². The van der Waals surface area contributed by atoms with Gasteiger partial charge in [0, 0.05) is 26.6 Å². The number of amides is 1. The molecule has 19 heavy (non-hydrogen) atoms. The summed E-state index contributed by atoms with van der Waals surface area (Å²) in [5.74, 6) is 1.14. The van der Waals surface area contributed by atoms with E-state index in [2.05, 4.69) is 17.6 Å². The zero-order valence-electron chi connectivity index (χ0n) is 11.8. The Bertz CT molecular complexity index is 420. The quantitative estimate of drug-likeness (QED) is 0.838. The molecule has 5 heteroatoms. The third-order valence-electron chi connectivity index (χ3n) is 3.60. The van der Waals surface area contributed by atoms with E-state index in [1.165, 1.54) is 0 Å². The highest BCUT2D eigenvalue weighted by molar-refractivity contribution is 5.92. The van der Waals surface area contributed by atoms with Crippen LogP contribution in [0.1, 0.15) is 35.7 Å². The number of nitrogens with one attached hydrogen (secondary N) is 2. The van der Waals surface area contributed by atoms with Crippen molar-refractivity contribution in [1.29, 1.82) is 0 Å². The van der Waals surface area contributed by atoms with Crippen LogP contribution in [0.2, 0.25) is 0 Å². The zero-order chi connectivity index (χ0) is 13.8. The van der Waals surface area contributed by atoms with Crippen molar-refractivity contribution in [2.75, 3.05) is 20.2 Å². The van der Waals surface area contributed by atoms with Gasteiger partial charge in [-0.15, -0.1) is 0 Å². The lowest BCUT2D eigenvalue weighted by atomic mass is 10.1. The molecular weight excluding hydrogens is 244 g/mol. The molecule has 0 bridgehead atoms. The second kappa shape index (κ2) is 6.21. The summed E-state index contributed by atoms with van der Waals surface area (Å²) in [6.45, 7) is 5.58. The molecule has 1 unspecified atom stereocenters. The average molecular weight is 266 g/mol.